The van der Waals surface area contributed by atoms with Crippen molar-refractivity contribution < 1.29 is 9.63 Å². The van der Waals surface area contributed by atoms with Crippen molar-refractivity contribution in [2.45, 2.75) is 13.8 Å². The van der Waals surface area contributed by atoms with Gasteiger partial charge >= 0.3 is 5.97 Å². The second-order valence-corrected chi connectivity index (χ2v) is 3.84. The Morgan fingerprint density at radius 3 is 2.36 bits per heavy atom. The molecule has 0 aliphatic rings. The van der Waals surface area contributed by atoms with Crippen LogP contribution >= 0.6 is 15.9 Å². The molecule has 0 aliphatic carbocycles. The van der Waals surface area contributed by atoms with Crippen molar-refractivity contribution in [1.29, 1.82) is 0 Å². The van der Waals surface area contributed by atoms with E-state index in [0.717, 1.165) is 4.47 Å². The summed E-state index contributed by atoms with van der Waals surface area (Å²) >= 11 is 3.28. The van der Waals surface area contributed by atoms with Gasteiger partial charge in [0.1, 0.15) is 0 Å². The average Bonchev–Trinajstić information content (AvgIpc) is 2.15. The molecule has 14 heavy (non-hydrogen) atoms. The third-order valence-electron chi connectivity index (χ3n) is 1.39. The number of carbonyl (C=O) groups excluding carboxylic acids is 1. The number of hydrogen-bond donors (Lipinski definition) is 0. The predicted octanol–water partition coefficient (Wildman–Crippen LogP) is 3.00. The summed E-state index contributed by atoms with van der Waals surface area (Å²) in [6.07, 6.45) is 0. The second kappa shape index (κ2) is 4.91. The first-order chi connectivity index (χ1) is 6.59. The monoisotopic (exact) mass is 255 g/mol. The topological polar surface area (TPSA) is 38.7 Å². The highest BCUT2D eigenvalue weighted by molar-refractivity contribution is 9.10. The Labute approximate surface area is 90.9 Å². The lowest BCUT2D eigenvalue weighted by Gasteiger charge is -1.98. The smallest absolute Gasteiger partial charge is 0.313 e. The van der Waals surface area contributed by atoms with E-state index in [-0.39, 0.29) is 0 Å². The van der Waals surface area contributed by atoms with Gasteiger partial charge in [-0.1, -0.05) is 21.1 Å². The highest BCUT2D eigenvalue weighted by atomic mass is 79.9. The van der Waals surface area contributed by atoms with Gasteiger partial charge in [-0.25, -0.2) is 4.79 Å². The van der Waals surface area contributed by atoms with E-state index in [0.29, 0.717) is 11.3 Å². The first-order valence-electron chi connectivity index (χ1n) is 4.07. The Morgan fingerprint density at radius 2 is 1.86 bits per heavy atom. The van der Waals surface area contributed by atoms with E-state index < -0.39 is 5.97 Å². The minimum absolute atomic E-state index is 0.446. The Bertz CT molecular complexity index is 353. The lowest BCUT2D eigenvalue weighted by molar-refractivity contribution is 0.0515. The maximum Gasteiger partial charge on any atom is 0.365 e. The summed E-state index contributed by atoms with van der Waals surface area (Å²) < 4.78 is 0.921. The fourth-order valence-corrected chi connectivity index (χ4v) is 1.04. The Hall–Kier alpha value is -1.16. The summed E-state index contributed by atoms with van der Waals surface area (Å²) in [5.41, 5.74) is 1.19. The minimum atomic E-state index is -0.446. The highest BCUT2D eigenvalue weighted by Crippen LogP contribution is 2.11. The molecule has 1 rings (SSSR count). The second-order valence-electron chi connectivity index (χ2n) is 2.92. The Kier molecular flexibility index (Phi) is 3.83. The third kappa shape index (κ3) is 3.30. The summed E-state index contributed by atoms with van der Waals surface area (Å²) in [5.74, 6) is -0.446. The van der Waals surface area contributed by atoms with Gasteiger partial charge in [-0.2, -0.15) is 0 Å². The fraction of sp³-hybridized carbons (Fsp3) is 0.200. The average molecular weight is 256 g/mol. The summed E-state index contributed by atoms with van der Waals surface area (Å²) in [5, 5.41) is 3.58. The van der Waals surface area contributed by atoms with E-state index in [9.17, 15) is 4.79 Å². The molecule has 0 atom stereocenters. The maximum atomic E-state index is 11.3. The molecule has 0 radical (unpaired) electrons. The SMILES string of the molecule is CC(C)=NOC(=O)c1ccc(Br)cc1. The van der Waals surface area contributed by atoms with Crippen molar-refractivity contribution in [2.75, 3.05) is 0 Å². The van der Waals surface area contributed by atoms with Gasteiger partial charge in [0.25, 0.3) is 0 Å². The minimum Gasteiger partial charge on any atom is -0.313 e. The van der Waals surface area contributed by atoms with Crippen LogP contribution in [0.3, 0.4) is 0 Å². The molecule has 0 saturated heterocycles. The molecule has 0 amide bonds. The largest absolute Gasteiger partial charge is 0.365 e. The first-order valence-corrected chi connectivity index (χ1v) is 4.87. The number of hydrogen-bond acceptors (Lipinski definition) is 3. The first kappa shape index (κ1) is 10.9. The molecule has 0 spiro atoms. The van der Waals surface area contributed by atoms with Crippen LogP contribution in [0.5, 0.6) is 0 Å². The van der Waals surface area contributed by atoms with Crippen LogP contribution in [0, 0.1) is 0 Å². The molecule has 1 aromatic carbocycles. The van der Waals surface area contributed by atoms with Gasteiger partial charge in [-0.3, -0.25) is 0 Å². The molecule has 0 unspecified atom stereocenters. The maximum absolute atomic E-state index is 11.3. The van der Waals surface area contributed by atoms with Crippen LogP contribution in [-0.4, -0.2) is 11.7 Å². The summed E-state index contributed by atoms with van der Waals surface area (Å²) in [7, 11) is 0. The van der Waals surface area contributed by atoms with Gasteiger partial charge in [-0.05, 0) is 38.1 Å². The van der Waals surface area contributed by atoms with Crippen molar-refractivity contribution in [3.63, 3.8) is 0 Å². The van der Waals surface area contributed by atoms with Crippen molar-refractivity contribution in [3.05, 3.63) is 34.3 Å². The van der Waals surface area contributed by atoms with Crippen molar-refractivity contribution in [3.8, 4) is 0 Å². The van der Waals surface area contributed by atoms with Gasteiger partial charge in [-0.15, -0.1) is 0 Å². The van der Waals surface area contributed by atoms with E-state index in [2.05, 4.69) is 25.9 Å². The quantitative estimate of drug-likeness (QED) is 0.463. The standard InChI is InChI=1S/C10H10BrNO2/c1-7(2)12-14-10(13)8-3-5-9(11)6-4-8/h3-6H,1-2H3. The fourth-order valence-electron chi connectivity index (χ4n) is 0.771. The van der Waals surface area contributed by atoms with Gasteiger partial charge < -0.3 is 4.84 Å². The molecule has 0 fully saturated rings. The molecule has 0 aromatic heterocycles. The van der Waals surface area contributed by atoms with E-state index >= 15 is 0 Å². The van der Waals surface area contributed by atoms with Crippen molar-refractivity contribution >= 4 is 27.6 Å². The van der Waals surface area contributed by atoms with Gasteiger partial charge in [0, 0.05) is 4.47 Å². The van der Waals surface area contributed by atoms with Crippen LogP contribution in [0.4, 0.5) is 0 Å². The molecule has 0 aliphatic heterocycles. The number of halogens is 1. The number of nitrogens with zero attached hydrogens (tertiary/aromatic N) is 1. The lowest BCUT2D eigenvalue weighted by Crippen LogP contribution is -2.01. The molecule has 0 saturated carbocycles. The number of benzene rings is 1. The van der Waals surface area contributed by atoms with Crippen molar-refractivity contribution in [1.82, 2.24) is 0 Å². The molecule has 0 heterocycles. The predicted molar refractivity (Wildman–Crippen MR) is 58.3 cm³/mol. The highest BCUT2D eigenvalue weighted by Gasteiger charge is 2.05. The van der Waals surface area contributed by atoms with Crippen LogP contribution in [0.25, 0.3) is 0 Å². The van der Waals surface area contributed by atoms with Crippen LogP contribution < -0.4 is 0 Å². The molecular formula is C10H10BrNO2. The number of rotatable bonds is 2. The molecule has 74 valence electrons. The van der Waals surface area contributed by atoms with E-state index in [1.165, 1.54) is 0 Å². The van der Waals surface area contributed by atoms with Crippen LogP contribution in [0.2, 0.25) is 0 Å². The number of oxime groups is 1. The van der Waals surface area contributed by atoms with E-state index in [4.69, 9.17) is 0 Å². The van der Waals surface area contributed by atoms with Crippen LogP contribution in [-0.2, 0) is 4.84 Å². The molecular weight excluding hydrogens is 246 g/mol. The van der Waals surface area contributed by atoms with Gasteiger partial charge in [0.05, 0.1) is 11.3 Å². The summed E-state index contributed by atoms with van der Waals surface area (Å²) in [6.45, 7) is 3.52. The summed E-state index contributed by atoms with van der Waals surface area (Å²) in [4.78, 5) is 16.0. The Morgan fingerprint density at radius 1 is 1.29 bits per heavy atom. The third-order valence-corrected chi connectivity index (χ3v) is 1.92. The summed E-state index contributed by atoms with van der Waals surface area (Å²) in [6, 6.07) is 6.90. The number of carbonyl (C=O) groups is 1. The van der Waals surface area contributed by atoms with E-state index in [1.807, 2.05) is 0 Å². The Balaban J connectivity index is 2.70. The lowest BCUT2D eigenvalue weighted by atomic mass is 10.2. The van der Waals surface area contributed by atoms with Crippen LogP contribution in [0.1, 0.15) is 24.2 Å². The molecule has 4 heteroatoms. The zero-order valence-electron chi connectivity index (χ0n) is 7.95. The van der Waals surface area contributed by atoms with Gasteiger partial charge in [0.2, 0.25) is 0 Å². The zero-order chi connectivity index (χ0) is 10.6. The molecule has 0 N–H and O–H groups in total. The van der Waals surface area contributed by atoms with Crippen molar-refractivity contribution in [2.24, 2.45) is 5.16 Å². The zero-order valence-corrected chi connectivity index (χ0v) is 9.54. The normalized spacial score (nSPS) is 9.36. The van der Waals surface area contributed by atoms with Gasteiger partial charge in [0.15, 0.2) is 0 Å². The van der Waals surface area contributed by atoms with Crippen LogP contribution in [0.15, 0.2) is 33.9 Å². The molecule has 3 nitrogen and oxygen atoms in total. The molecule has 0 bridgehead atoms. The van der Waals surface area contributed by atoms with E-state index in [1.54, 1.807) is 38.1 Å². The molecule has 1 aromatic rings.